The van der Waals surface area contributed by atoms with Gasteiger partial charge in [-0.2, -0.15) is 0 Å². The average Bonchev–Trinajstić information content (AvgIpc) is 2.24. The van der Waals surface area contributed by atoms with Crippen molar-refractivity contribution in [1.82, 2.24) is 5.32 Å². The molecule has 0 aromatic rings. The summed E-state index contributed by atoms with van der Waals surface area (Å²) < 4.78 is 0. The van der Waals surface area contributed by atoms with Crippen molar-refractivity contribution < 1.29 is 4.79 Å². The van der Waals surface area contributed by atoms with Gasteiger partial charge >= 0.3 is 0 Å². The Hall–Kier alpha value is -0.0500. The zero-order valence-electron chi connectivity index (χ0n) is 10.5. The van der Waals surface area contributed by atoms with Crippen molar-refractivity contribution in [2.24, 2.45) is 11.8 Å². The Kier molecular flexibility index (Phi) is 6.40. The van der Waals surface area contributed by atoms with Gasteiger partial charge in [-0.25, -0.2) is 0 Å². The number of amides is 1. The van der Waals surface area contributed by atoms with Crippen molar-refractivity contribution in [3.63, 3.8) is 0 Å². The van der Waals surface area contributed by atoms with Crippen LogP contribution in [-0.2, 0) is 4.79 Å². The van der Waals surface area contributed by atoms with E-state index in [1.165, 1.54) is 32.1 Å². The predicted molar refractivity (Wildman–Crippen MR) is 71.8 cm³/mol. The number of hydrogen-bond acceptors (Lipinski definition) is 1. The number of hydrogen-bond donors (Lipinski definition) is 1. The number of carbonyl (C=O) groups is 1. The van der Waals surface area contributed by atoms with Gasteiger partial charge in [-0.15, -0.1) is 0 Å². The quantitative estimate of drug-likeness (QED) is 0.772. The summed E-state index contributed by atoms with van der Waals surface area (Å²) in [6.07, 6.45) is 6.98. The van der Waals surface area contributed by atoms with E-state index in [9.17, 15) is 4.79 Å². The van der Waals surface area contributed by atoms with E-state index in [-0.39, 0.29) is 5.91 Å². The minimum Gasteiger partial charge on any atom is -0.353 e. The number of carbonyl (C=O) groups excluding carboxylic acids is 1. The fourth-order valence-corrected chi connectivity index (χ4v) is 3.01. The van der Waals surface area contributed by atoms with E-state index in [1.54, 1.807) is 0 Å². The molecule has 3 heteroatoms. The fraction of sp³-hybridized carbons (Fsp3) is 0.923. The van der Waals surface area contributed by atoms with Crippen LogP contribution in [0.2, 0.25) is 0 Å². The van der Waals surface area contributed by atoms with Crippen molar-refractivity contribution >= 4 is 21.8 Å². The molecule has 3 atom stereocenters. The van der Waals surface area contributed by atoms with E-state index >= 15 is 0 Å². The third-order valence-electron chi connectivity index (χ3n) is 3.67. The molecule has 0 spiro atoms. The maximum Gasteiger partial charge on any atom is 0.221 e. The summed E-state index contributed by atoms with van der Waals surface area (Å²) in [5, 5.41) is 3.95. The predicted octanol–water partition coefficient (Wildman–Crippen LogP) is 3.49. The van der Waals surface area contributed by atoms with Crippen LogP contribution in [-0.4, -0.2) is 17.3 Å². The summed E-state index contributed by atoms with van der Waals surface area (Å²) >= 11 is 3.31. The van der Waals surface area contributed by atoms with Crippen LogP contribution in [0.3, 0.4) is 0 Å². The van der Waals surface area contributed by atoms with Crippen molar-refractivity contribution in [3.8, 4) is 0 Å². The molecule has 0 saturated heterocycles. The first-order chi connectivity index (χ1) is 7.67. The highest BCUT2D eigenvalue weighted by Crippen LogP contribution is 2.31. The molecule has 16 heavy (non-hydrogen) atoms. The van der Waals surface area contributed by atoms with Crippen LogP contribution in [0, 0.1) is 11.8 Å². The fourth-order valence-electron chi connectivity index (χ4n) is 2.65. The number of rotatable bonds is 5. The summed E-state index contributed by atoms with van der Waals surface area (Å²) in [4.78, 5) is 11.6. The summed E-state index contributed by atoms with van der Waals surface area (Å²) in [5.41, 5.74) is 0. The second-order valence-corrected chi connectivity index (χ2v) is 5.85. The smallest absolute Gasteiger partial charge is 0.221 e. The Morgan fingerprint density at radius 2 is 2.19 bits per heavy atom. The van der Waals surface area contributed by atoms with E-state index in [0.29, 0.717) is 18.4 Å². The Morgan fingerprint density at radius 3 is 2.81 bits per heavy atom. The lowest BCUT2D eigenvalue weighted by Gasteiger charge is -2.34. The van der Waals surface area contributed by atoms with Crippen molar-refractivity contribution in [3.05, 3.63) is 0 Å². The van der Waals surface area contributed by atoms with Crippen LogP contribution in [0.15, 0.2) is 0 Å². The molecule has 1 rings (SSSR count). The lowest BCUT2D eigenvalue weighted by molar-refractivity contribution is -0.122. The molecule has 1 saturated carbocycles. The van der Waals surface area contributed by atoms with Gasteiger partial charge in [0, 0.05) is 17.8 Å². The van der Waals surface area contributed by atoms with Gasteiger partial charge in [0.05, 0.1) is 0 Å². The minimum atomic E-state index is 0.200. The molecular weight excluding hydrogens is 266 g/mol. The maximum absolute atomic E-state index is 11.6. The maximum atomic E-state index is 11.6. The molecule has 0 heterocycles. The van der Waals surface area contributed by atoms with Crippen LogP contribution < -0.4 is 5.32 Å². The Balaban J connectivity index is 2.40. The molecule has 0 aromatic heterocycles. The molecule has 0 aromatic carbocycles. The Labute approximate surface area is 108 Å². The summed E-state index contributed by atoms with van der Waals surface area (Å²) in [6, 6.07) is 0.414. The average molecular weight is 290 g/mol. The van der Waals surface area contributed by atoms with Crippen LogP contribution >= 0.6 is 15.9 Å². The van der Waals surface area contributed by atoms with Crippen LogP contribution in [0.5, 0.6) is 0 Å². The molecule has 0 radical (unpaired) electrons. The van der Waals surface area contributed by atoms with Crippen molar-refractivity contribution in [1.29, 1.82) is 0 Å². The zero-order chi connectivity index (χ0) is 12.0. The molecule has 1 amide bonds. The molecule has 94 valence electrons. The van der Waals surface area contributed by atoms with Crippen LogP contribution in [0.1, 0.15) is 52.4 Å². The first kappa shape index (κ1) is 14.0. The molecule has 1 aliphatic carbocycles. The van der Waals surface area contributed by atoms with Gasteiger partial charge in [0.15, 0.2) is 0 Å². The largest absolute Gasteiger partial charge is 0.353 e. The molecule has 0 bridgehead atoms. The third-order valence-corrected chi connectivity index (χ3v) is 4.07. The van der Waals surface area contributed by atoms with E-state index in [2.05, 4.69) is 35.1 Å². The molecule has 1 N–H and O–H groups in total. The number of nitrogens with one attached hydrogen (secondary N) is 1. The van der Waals surface area contributed by atoms with Gasteiger partial charge in [-0.05, 0) is 24.7 Å². The lowest BCUT2D eigenvalue weighted by atomic mass is 9.77. The lowest BCUT2D eigenvalue weighted by Crippen LogP contribution is -2.43. The van der Waals surface area contributed by atoms with Gasteiger partial charge in [-0.3, -0.25) is 4.79 Å². The summed E-state index contributed by atoms with van der Waals surface area (Å²) in [7, 11) is 0. The van der Waals surface area contributed by atoms with Gasteiger partial charge in [-0.1, -0.05) is 49.0 Å². The number of alkyl halides is 1. The van der Waals surface area contributed by atoms with E-state index in [4.69, 9.17) is 0 Å². The van der Waals surface area contributed by atoms with Crippen molar-refractivity contribution in [2.45, 2.75) is 58.4 Å². The van der Waals surface area contributed by atoms with Crippen molar-refractivity contribution in [2.75, 3.05) is 5.33 Å². The molecular formula is C13H24BrNO. The Bertz CT molecular complexity index is 220. The topological polar surface area (TPSA) is 29.1 Å². The molecule has 0 aliphatic heterocycles. The second-order valence-electron chi connectivity index (χ2n) is 5.06. The molecule has 3 unspecified atom stereocenters. The second kappa shape index (κ2) is 7.31. The highest BCUT2D eigenvalue weighted by molar-refractivity contribution is 9.09. The van der Waals surface area contributed by atoms with Gasteiger partial charge < -0.3 is 5.32 Å². The standard InChI is InChI=1S/C13H24BrNO/c1-3-4-11-6-5-10(2)12(9-11)15-13(16)7-8-14/h10-12H,3-9H2,1-2H3,(H,15,16). The number of halogens is 1. The first-order valence-electron chi connectivity index (χ1n) is 6.52. The summed E-state index contributed by atoms with van der Waals surface area (Å²) in [5.74, 6) is 1.67. The van der Waals surface area contributed by atoms with Gasteiger partial charge in [0.25, 0.3) is 0 Å². The Morgan fingerprint density at radius 1 is 1.44 bits per heavy atom. The molecule has 1 aliphatic rings. The van der Waals surface area contributed by atoms with E-state index in [0.717, 1.165) is 11.2 Å². The summed E-state index contributed by atoms with van der Waals surface area (Å²) in [6.45, 7) is 4.51. The van der Waals surface area contributed by atoms with Gasteiger partial charge in [0.2, 0.25) is 5.91 Å². The monoisotopic (exact) mass is 289 g/mol. The molecule has 2 nitrogen and oxygen atoms in total. The van der Waals surface area contributed by atoms with Crippen LogP contribution in [0.4, 0.5) is 0 Å². The van der Waals surface area contributed by atoms with E-state index in [1.807, 2.05) is 0 Å². The highest BCUT2D eigenvalue weighted by atomic mass is 79.9. The highest BCUT2D eigenvalue weighted by Gasteiger charge is 2.27. The SMILES string of the molecule is CCCC1CCC(C)C(NC(=O)CCBr)C1. The zero-order valence-corrected chi connectivity index (χ0v) is 12.1. The van der Waals surface area contributed by atoms with E-state index < -0.39 is 0 Å². The first-order valence-corrected chi connectivity index (χ1v) is 7.64. The minimum absolute atomic E-state index is 0.200. The normalized spacial score (nSPS) is 30.1. The third kappa shape index (κ3) is 4.44. The van der Waals surface area contributed by atoms with Gasteiger partial charge in [0.1, 0.15) is 0 Å². The van der Waals surface area contributed by atoms with Crippen LogP contribution in [0.25, 0.3) is 0 Å². The molecule has 1 fully saturated rings.